The third-order valence-corrected chi connectivity index (χ3v) is 5.03. The van der Waals surface area contributed by atoms with Crippen LogP contribution in [0.15, 0.2) is 60.4 Å². The van der Waals surface area contributed by atoms with Crippen LogP contribution in [0.5, 0.6) is 0 Å². The minimum atomic E-state index is -0.193. The van der Waals surface area contributed by atoms with Gasteiger partial charge in [0, 0.05) is 33.6 Å². The number of para-hydroxylation sites is 1. The first kappa shape index (κ1) is 14.9. The highest BCUT2D eigenvalue weighted by Gasteiger charge is 2.13. The molecule has 0 aliphatic rings. The van der Waals surface area contributed by atoms with Gasteiger partial charge in [-0.3, -0.25) is 10.1 Å². The Hall–Kier alpha value is -3.45. The Morgan fingerprint density at radius 3 is 2.96 bits per heavy atom. The van der Waals surface area contributed by atoms with E-state index in [1.807, 2.05) is 35.8 Å². The van der Waals surface area contributed by atoms with Gasteiger partial charge in [-0.1, -0.05) is 18.2 Å². The summed E-state index contributed by atoms with van der Waals surface area (Å²) in [6.45, 7) is 0. The topological polar surface area (TPSA) is 86.5 Å². The van der Waals surface area contributed by atoms with E-state index in [4.69, 9.17) is 0 Å². The average Bonchev–Trinajstić information content (AvgIpc) is 3.39. The second kappa shape index (κ2) is 5.82. The highest BCUT2D eigenvalue weighted by molar-refractivity contribution is 7.14. The van der Waals surface area contributed by atoms with Crippen LogP contribution < -0.4 is 5.32 Å². The van der Waals surface area contributed by atoms with Crippen molar-refractivity contribution < 1.29 is 4.79 Å². The number of benzene rings is 2. The maximum atomic E-state index is 12.5. The maximum absolute atomic E-state index is 12.5. The Morgan fingerprint density at radius 1 is 1.08 bits per heavy atom. The van der Waals surface area contributed by atoms with Gasteiger partial charge in [0.15, 0.2) is 5.13 Å². The van der Waals surface area contributed by atoms with Crippen molar-refractivity contribution in [3.8, 4) is 11.3 Å². The van der Waals surface area contributed by atoms with Gasteiger partial charge in [-0.05, 0) is 24.3 Å². The number of amides is 1. The number of aromatic nitrogens is 4. The zero-order chi connectivity index (χ0) is 17.5. The molecular formula is C19H13N5OS. The van der Waals surface area contributed by atoms with Crippen molar-refractivity contribution in [2.75, 3.05) is 5.32 Å². The fraction of sp³-hybridized carbons (Fsp3) is 0. The summed E-state index contributed by atoms with van der Waals surface area (Å²) in [5.41, 5.74) is 5.15. The lowest BCUT2D eigenvalue weighted by molar-refractivity contribution is 0.102. The predicted octanol–water partition coefficient (Wildman–Crippen LogP) is 4.42. The molecular weight excluding hydrogens is 346 g/mol. The third kappa shape index (κ3) is 2.46. The van der Waals surface area contributed by atoms with Crippen molar-refractivity contribution in [3.05, 3.63) is 65.9 Å². The molecule has 0 fully saturated rings. The fourth-order valence-corrected chi connectivity index (χ4v) is 3.69. The molecule has 26 heavy (non-hydrogen) atoms. The first-order chi connectivity index (χ1) is 12.8. The van der Waals surface area contributed by atoms with Crippen LogP contribution in [0.25, 0.3) is 33.2 Å². The van der Waals surface area contributed by atoms with Crippen LogP contribution in [-0.4, -0.2) is 25.8 Å². The number of anilines is 1. The van der Waals surface area contributed by atoms with Crippen molar-refractivity contribution in [1.29, 1.82) is 0 Å². The standard InChI is InChI=1S/C19H13N5OS/c25-18(11-5-6-15-16(7-11)22-10-21-15)24-19-23-17(9-26-19)13-8-20-14-4-2-1-3-12(13)14/h1-10,20H,(H,21,22)(H,23,24,25). The zero-order valence-corrected chi connectivity index (χ0v) is 14.3. The van der Waals surface area contributed by atoms with Crippen LogP contribution in [0.3, 0.4) is 0 Å². The average molecular weight is 359 g/mol. The lowest BCUT2D eigenvalue weighted by Gasteiger charge is -2.01. The zero-order valence-electron chi connectivity index (χ0n) is 13.5. The third-order valence-electron chi connectivity index (χ3n) is 4.27. The fourth-order valence-electron chi connectivity index (χ4n) is 2.98. The Kier molecular flexibility index (Phi) is 3.32. The summed E-state index contributed by atoms with van der Waals surface area (Å²) in [4.78, 5) is 27.5. The lowest BCUT2D eigenvalue weighted by atomic mass is 10.1. The minimum Gasteiger partial charge on any atom is -0.360 e. The number of carbonyl (C=O) groups is 1. The van der Waals surface area contributed by atoms with Gasteiger partial charge in [-0.15, -0.1) is 11.3 Å². The molecule has 6 nitrogen and oxygen atoms in total. The predicted molar refractivity (Wildman–Crippen MR) is 103 cm³/mol. The van der Waals surface area contributed by atoms with Crippen LogP contribution in [0.1, 0.15) is 10.4 Å². The van der Waals surface area contributed by atoms with E-state index in [-0.39, 0.29) is 5.91 Å². The van der Waals surface area contributed by atoms with Gasteiger partial charge in [0.1, 0.15) is 0 Å². The van der Waals surface area contributed by atoms with Crippen molar-refractivity contribution in [2.24, 2.45) is 0 Å². The monoisotopic (exact) mass is 359 g/mol. The molecule has 0 radical (unpaired) electrons. The second-order valence-electron chi connectivity index (χ2n) is 5.87. The van der Waals surface area contributed by atoms with Gasteiger partial charge in [-0.25, -0.2) is 9.97 Å². The number of nitrogens with one attached hydrogen (secondary N) is 3. The molecule has 0 unspecified atom stereocenters. The Morgan fingerprint density at radius 2 is 2.00 bits per heavy atom. The van der Waals surface area contributed by atoms with Crippen LogP contribution in [0.2, 0.25) is 0 Å². The molecule has 0 aliphatic heterocycles. The van der Waals surface area contributed by atoms with Gasteiger partial charge >= 0.3 is 0 Å². The Balaban J connectivity index is 1.42. The van der Waals surface area contributed by atoms with Gasteiger partial charge in [-0.2, -0.15) is 0 Å². The summed E-state index contributed by atoms with van der Waals surface area (Å²) in [6.07, 6.45) is 3.55. The summed E-state index contributed by atoms with van der Waals surface area (Å²) in [7, 11) is 0. The first-order valence-corrected chi connectivity index (χ1v) is 8.92. The van der Waals surface area contributed by atoms with Crippen molar-refractivity contribution in [2.45, 2.75) is 0 Å². The van der Waals surface area contributed by atoms with Crippen LogP contribution in [-0.2, 0) is 0 Å². The van der Waals surface area contributed by atoms with E-state index in [9.17, 15) is 4.79 Å². The molecule has 126 valence electrons. The summed E-state index contributed by atoms with van der Waals surface area (Å²) in [5.74, 6) is -0.193. The van der Waals surface area contributed by atoms with E-state index >= 15 is 0 Å². The normalized spacial score (nSPS) is 11.2. The van der Waals surface area contributed by atoms with E-state index in [0.29, 0.717) is 10.7 Å². The number of thiazole rings is 1. The second-order valence-corrected chi connectivity index (χ2v) is 6.73. The van der Waals surface area contributed by atoms with Crippen molar-refractivity contribution >= 4 is 44.3 Å². The van der Waals surface area contributed by atoms with Gasteiger partial charge < -0.3 is 9.97 Å². The molecule has 0 spiro atoms. The number of H-pyrrole nitrogens is 2. The van der Waals surface area contributed by atoms with E-state index in [0.717, 1.165) is 33.2 Å². The molecule has 0 saturated carbocycles. The van der Waals surface area contributed by atoms with Crippen molar-refractivity contribution in [3.63, 3.8) is 0 Å². The number of imidazole rings is 1. The molecule has 0 atom stereocenters. The Labute approximate surface area is 151 Å². The van der Waals surface area contributed by atoms with Crippen LogP contribution in [0, 0.1) is 0 Å². The maximum Gasteiger partial charge on any atom is 0.257 e. The highest BCUT2D eigenvalue weighted by atomic mass is 32.1. The summed E-state index contributed by atoms with van der Waals surface area (Å²) in [5, 5.41) is 6.50. The molecule has 3 heterocycles. The molecule has 0 saturated heterocycles. The van der Waals surface area contributed by atoms with Gasteiger partial charge in [0.05, 0.1) is 23.1 Å². The summed E-state index contributed by atoms with van der Waals surface area (Å²) >= 11 is 1.41. The number of fused-ring (bicyclic) bond motifs is 2. The highest BCUT2D eigenvalue weighted by Crippen LogP contribution is 2.31. The summed E-state index contributed by atoms with van der Waals surface area (Å²) in [6, 6.07) is 13.4. The number of carbonyl (C=O) groups excluding carboxylic acids is 1. The molecule has 2 aromatic carbocycles. The van der Waals surface area contributed by atoms with E-state index in [2.05, 4.69) is 31.3 Å². The molecule has 7 heteroatoms. The number of hydrogen-bond donors (Lipinski definition) is 3. The number of rotatable bonds is 3. The van der Waals surface area contributed by atoms with E-state index in [1.165, 1.54) is 11.3 Å². The van der Waals surface area contributed by atoms with Gasteiger partial charge in [0.2, 0.25) is 0 Å². The van der Waals surface area contributed by atoms with Gasteiger partial charge in [0.25, 0.3) is 5.91 Å². The molecule has 0 aliphatic carbocycles. The molecule has 1 amide bonds. The number of hydrogen-bond acceptors (Lipinski definition) is 4. The quantitative estimate of drug-likeness (QED) is 0.446. The van der Waals surface area contributed by atoms with Crippen molar-refractivity contribution in [1.82, 2.24) is 19.9 Å². The van der Waals surface area contributed by atoms with E-state index in [1.54, 1.807) is 18.5 Å². The first-order valence-electron chi connectivity index (χ1n) is 8.04. The SMILES string of the molecule is O=C(Nc1nc(-c2c[nH]c3ccccc23)cs1)c1ccc2nc[nH]c2c1. The van der Waals surface area contributed by atoms with Crippen LogP contribution >= 0.6 is 11.3 Å². The molecule has 3 aromatic heterocycles. The summed E-state index contributed by atoms with van der Waals surface area (Å²) < 4.78 is 0. The number of aromatic amines is 2. The minimum absolute atomic E-state index is 0.193. The van der Waals surface area contributed by atoms with E-state index < -0.39 is 0 Å². The van der Waals surface area contributed by atoms with Crippen LogP contribution in [0.4, 0.5) is 5.13 Å². The molecule has 0 bridgehead atoms. The number of nitrogens with zero attached hydrogens (tertiary/aromatic N) is 2. The Bertz CT molecular complexity index is 1250. The molecule has 5 aromatic rings. The molecule has 5 rings (SSSR count). The smallest absolute Gasteiger partial charge is 0.257 e. The lowest BCUT2D eigenvalue weighted by Crippen LogP contribution is -2.11. The largest absolute Gasteiger partial charge is 0.360 e. The molecule has 3 N–H and O–H groups in total.